The van der Waals surface area contributed by atoms with Crippen LogP contribution >= 0.6 is 11.3 Å². The molecule has 1 unspecified atom stereocenters. The second kappa shape index (κ2) is 7.52. The zero-order chi connectivity index (χ0) is 13.5. The van der Waals surface area contributed by atoms with Gasteiger partial charge in [0.1, 0.15) is 11.6 Å². The molecule has 2 N–H and O–H groups in total. The summed E-state index contributed by atoms with van der Waals surface area (Å²) in [6.07, 6.45) is 4.72. The number of rotatable bonds is 6. The zero-order valence-electron chi connectivity index (χ0n) is 11.1. The van der Waals surface area contributed by atoms with E-state index < -0.39 is 0 Å². The molecule has 1 fully saturated rings. The Labute approximate surface area is 116 Å². The van der Waals surface area contributed by atoms with Crippen molar-refractivity contribution in [3.63, 3.8) is 0 Å². The SMILES string of the molecule is Cc1nnc(NC(=O)COCCC2CCCCN2)s1. The molecule has 7 heteroatoms. The van der Waals surface area contributed by atoms with Gasteiger partial charge in [0.05, 0.1) is 0 Å². The van der Waals surface area contributed by atoms with Crippen LogP contribution in [0, 0.1) is 6.92 Å². The van der Waals surface area contributed by atoms with Crippen LogP contribution < -0.4 is 10.6 Å². The third kappa shape index (κ3) is 5.22. The Bertz CT molecular complexity index is 404. The summed E-state index contributed by atoms with van der Waals surface area (Å²) in [5, 5.41) is 15.1. The minimum absolute atomic E-state index is 0.0747. The Morgan fingerprint density at radius 1 is 1.53 bits per heavy atom. The number of hydrogen-bond acceptors (Lipinski definition) is 6. The molecular weight excluding hydrogens is 264 g/mol. The van der Waals surface area contributed by atoms with E-state index in [-0.39, 0.29) is 12.5 Å². The van der Waals surface area contributed by atoms with Crippen LogP contribution in [-0.4, -0.2) is 41.9 Å². The molecule has 106 valence electrons. The lowest BCUT2D eigenvalue weighted by molar-refractivity contribution is -0.120. The molecule has 6 nitrogen and oxygen atoms in total. The number of anilines is 1. The molecule has 1 atom stereocenters. The first-order valence-electron chi connectivity index (χ1n) is 6.65. The lowest BCUT2D eigenvalue weighted by atomic mass is 10.0. The van der Waals surface area contributed by atoms with Gasteiger partial charge in [-0.2, -0.15) is 0 Å². The van der Waals surface area contributed by atoms with Crippen LogP contribution in [-0.2, 0) is 9.53 Å². The number of carbonyl (C=O) groups is 1. The maximum absolute atomic E-state index is 11.6. The highest BCUT2D eigenvalue weighted by Crippen LogP contribution is 2.13. The number of aromatic nitrogens is 2. The summed E-state index contributed by atoms with van der Waals surface area (Å²) < 4.78 is 5.38. The van der Waals surface area contributed by atoms with Gasteiger partial charge in [-0.3, -0.25) is 10.1 Å². The number of piperidine rings is 1. The highest BCUT2D eigenvalue weighted by molar-refractivity contribution is 7.15. The van der Waals surface area contributed by atoms with Crippen molar-refractivity contribution in [2.75, 3.05) is 25.1 Å². The van der Waals surface area contributed by atoms with Crippen LogP contribution in [0.3, 0.4) is 0 Å². The molecule has 0 bridgehead atoms. The van der Waals surface area contributed by atoms with Gasteiger partial charge < -0.3 is 10.1 Å². The van der Waals surface area contributed by atoms with Gasteiger partial charge in [-0.05, 0) is 32.7 Å². The topological polar surface area (TPSA) is 76.1 Å². The van der Waals surface area contributed by atoms with E-state index in [0.29, 0.717) is 17.8 Å². The van der Waals surface area contributed by atoms with Crippen molar-refractivity contribution in [1.29, 1.82) is 0 Å². The molecule has 0 saturated carbocycles. The lowest BCUT2D eigenvalue weighted by Gasteiger charge is -2.23. The molecule has 0 radical (unpaired) electrons. The van der Waals surface area contributed by atoms with Crippen LogP contribution in [0.4, 0.5) is 5.13 Å². The van der Waals surface area contributed by atoms with E-state index in [0.717, 1.165) is 18.0 Å². The van der Waals surface area contributed by atoms with Crippen molar-refractivity contribution in [2.45, 2.75) is 38.6 Å². The van der Waals surface area contributed by atoms with Crippen molar-refractivity contribution >= 4 is 22.4 Å². The molecule has 0 aromatic carbocycles. The molecule has 2 rings (SSSR count). The van der Waals surface area contributed by atoms with E-state index in [1.54, 1.807) is 0 Å². The Kier molecular flexibility index (Phi) is 5.68. The van der Waals surface area contributed by atoms with Crippen molar-refractivity contribution in [3.05, 3.63) is 5.01 Å². The van der Waals surface area contributed by atoms with E-state index in [1.807, 2.05) is 6.92 Å². The smallest absolute Gasteiger partial charge is 0.252 e. The average Bonchev–Trinajstić information content (AvgIpc) is 2.81. The first kappa shape index (κ1) is 14.4. The van der Waals surface area contributed by atoms with Crippen molar-refractivity contribution in [2.24, 2.45) is 0 Å². The molecule has 1 saturated heterocycles. The van der Waals surface area contributed by atoms with E-state index in [9.17, 15) is 4.79 Å². The lowest BCUT2D eigenvalue weighted by Crippen LogP contribution is -2.35. The maximum Gasteiger partial charge on any atom is 0.252 e. The molecule has 1 aromatic heterocycles. The van der Waals surface area contributed by atoms with Gasteiger partial charge in [-0.1, -0.05) is 17.8 Å². The minimum Gasteiger partial charge on any atom is -0.372 e. The zero-order valence-corrected chi connectivity index (χ0v) is 12.0. The number of amides is 1. The van der Waals surface area contributed by atoms with Crippen LogP contribution in [0.2, 0.25) is 0 Å². The van der Waals surface area contributed by atoms with Crippen LogP contribution in [0.15, 0.2) is 0 Å². The number of aryl methyl sites for hydroxylation is 1. The molecule has 2 heterocycles. The maximum atomic E-state index is 11.6. The number of nitrogens with one attached hydrogen (secondary N) is 2. The number of nitrogens with zero attached hydrogens (tertiary/aromatic N) is 2. The van der Waals surface area contributed by atoms with E-state index in [4.69, 9.17) is 4.74 Å². The Morgan fingerprint density at radius 2 is 2.42 bits per heavy atom. The van der Waals surface area contributed by atoms with Crippen LogP contribution in [0.25, 0.3) is 0 Å². The van der Waals surface area contributed by atoms with Crippen molar-refractivity contribution in [1.82, 2.24) is 15.5 Å². The van der Waals surface area contributed by atoms with Gasteiger partial charge in [-0.25, -0.2) is 0 Å². The number of hydrogen-bond donors (Lipinski definition) is 2. The average molecular weight is 284 g/mol. The molecule has 1 amide bonds. The summed E-state index contributed by atoms with van der Waals surface area (Å²) in [7, 11) is 0. The summed E-state index contributed by atoms with van der Waals surface area (Å²) in [5.74, 6) is -0.173. The first-order chi connectivity index (χ1) is 9.24. The fourth-order valence-electron chi connectivity index (χ4n) is 2.06. The fourth-order valence-corrected chi connectivity index (χ4v) is 2.67. The fraction of sp³-hybridized carbons (Fsp3) is 0.750. The molecule has 19 heavy (non-hydrogen) atoms. The monoisotopic (exact) mass is 284 g/mol. The minimum atomic E-state index is -0.173. The molecule has 1 aliphatic heterocycles. The first-order valence-corrected chi connectivity index (χ1v) is 7.47. The van der Waals surface area contributed by atoms with Crippen LogP contribution in [0.5, 0.6) is 0 Å². The third-order valence-electron chi connectivity index (χ3n) is 3.03. The largest absolute Gasteiger partial charge is 0.372 e. The normalized spacial score (nSPS) is 19.3. The standard InChI is InChI=1S/C12H20N4O2S/c1-9-15-16-12(19-9)14-11(17)8-18-7-5-10-4-2-3-6-13-10/h10,13H,2-8H2,1H3,(H,14,16,17). The quantitative estimate of drug-likeness (QED) is 0.771. The summed E-state index contributed by atoms with van der Waals surface area (Å²) in [6, 6.07) is 0.544. The summed E-state index contributed by atoms with van der Waals surface area (Å²) >= 11 is 1.36. The summed E-state index contributed by atoms with van der Waals surface area (Å²) in [6.45, 7) is 3.63. The molecular formula is C12H20N4O2S. The number of ether oxygens (including phenoxy) is 1. The predicted octanol–water partition coefficient (Wildman–Crippen LogP) is 1.33. The predicted molar refractivity (Wildman–Crippen MR) is 74.4 cm³/mol. The summed E-state index contributed by atoms with van der Waals surface area (Å²) in [4.78, 5) is 11.6. The van der Waals surface area contributed by atoms with Gasteiger partial charge in [0, 0.05) is 12.6 Å². The van der Waals surface area contributed by atoms with Gasteiger partial charge in [0.15, 0.2) is 0 Å². The highest BCUT2D eigenvalue weighted by atomic mass is 32.1. The second-order valence-electron chi connectivity index (χ2n) is 4.66. The molecule has 0 spiro atoms. The third-order valence-corrected chi connectivity index (χ3v) is 3.78. The van der Waals surface area contributed by atoms with E-state index in [2.05, 4.69) is 20.8 Å². The Hall–Kier alpha value is -1.05. The van der Waals surface area contributed by atoms with E-state index in [1.165, 1.54) is 30.6 Å². The number of carbonyl (C=O) groups excluding carboxylic acids is 1. The Morgan fingerprint density at radius 3 is 3.11 bits per heavy atom. The van der Waals surface area contributed by atoms with Gasteiger partial charge in [0.25, 0.3) is 5.91 Å². The molecule has 0 aliphatic carbocycles. The summed E-state index contributed by atoms with van der Waals surface area (Å²) in [5.41, 5.74) is 0. The molecule has 1 aliphatic rings. The van der Waals surface area contributed by atoms with E-state index >= 15 is 0 Å². The van der Waals surface area contributed by atoms with Crippen molar-refractivity contribution < 1.29 is 9.53 Å². The second-order valence-corrected chi connectivity index (χ2v) is 5.84. The van der Waals surface area contributed by atoms with Crippen molar-refractivity contribution in [3.8, 4) is 0 Å². The van der Waals surface area contributed by atoms with Gasteiger partial charge >= 0.3 is 0 Å². The Balaban J connectivity index is 1.56. The van der Waals surface area contributed by atoms with Crippen LogP contribution in [0.1, 0.15) is 30.7 Å². The van der Waals surface area contributed by atoms with Gasteiger partial charge in [0.2, 0.25) is 5.13 Å². The highest BCUT2D eigenvalue weighted by Gasteiger charge is 2.12. The molecule has 1 aromatic rings. The van der Waals surface area contributed by atoms with Gasteiger partial charge in [-0.15, -0.1) is 10.2 Å².